The van der Waals surface area contributed by atoms with E-state index in [-0.39, 0.29) is 24.6 Å². The quantitative estimate of drug-likeness (QED) is 0.286. The lowest BCUT2D eigenvalue weighted by Crippen LogP contribution is -2.51. The van der Waals surface area contributed by atoms with E-state index in [2.05, 4.69) is 5.43 Å². The number of hydrazine groups is 1. The SMILES string of the molecule is CCS(=O)(=O)N(Cc1ccccc1)NC(=O)[C@H](CC(C)C)[C@H](CC=Cc1ccccc1)C(=O)NO. The van der Waals surface area contributed by atoms with E-state index in [9.17, 15) is 23.2 Å². The number of rotatable bonds is 13. The van der Waals surface area contributed by atoms with Crippen molar-refractivity contribution in [2.24, 2.45) is 17.8 Å². The van der Waals surface area contributed by atoms with Crippen molar-refractivity contribution in [1.82, 2.24) is 15.3 Å². The number of benzene rings is 2. The van der Waals surface area contributed by atoms with E-state index < -0.39 is 33.7 Å². The molecule has 0 aliphatic heterocycles. The Morgan fingerprint density at radius 1 is 0.971 bits per heavy atom. The van der Waals surface area contributed by atoms with Crippen LogP contribution in [0.5, 0.6) is 0 Å². The van der Waals surface area contributed by atoms with Crippen molar-refractivity contribution in [3.05, 3.63) is 77.9 Å². The van der Waals surface area contributed by atoms with Gasteiger partial charge in [0.1, 0.15) is 0 Å². The van der Waals surface area contributed by atoms with Crippen LogP contribution in [-0.4, -0.2) is 35.6 Å². The molecule has 3 N–H and O–H groups in total. The number of hydroxylamine groups is 1. The highest BCUT2D eigenvalue weighted by Crippen LogP contribution is 2.26. The van der Waals surface area contributed by atoms with Crippen LogP contribution in [0.25, 0.3) is 6.08 Å². The topological polar surface area (TPSA) is 116 Å². The maximum atomic E-state index is 13.4. The van der Waals surface area contributed by atoms with E-state index in [0.717, 1.165) is 9.98 Å². The largest absolute Gasteiger partial charge is 0.289 e. The lowest BCUT2D eigenvalue weighted by atomic mass is 9.82. The Hall–Kier alpha value is -3.01. The normalized spacial score (nSPS) is 13.7. The van der Waals surface area contributed by atoms with Crippen molar-refractivity contribution in [2.45, 2.75) is 40.2 Å². The molecule has 8 nitrogen and oxygen atoms in total. The van der Waals surface area contributed by atoms with Gasteiger partial charge in [-0.15, -0.1) is 4.41 Å². The van der Waals surface area contributed by atoms with Crippen molar-refractivity contribution >= 4 is 27.9 Å². The second-order valence-electron chi connectivity index (χ2n) is 8.74. The molecule has 190 valence electrons. The molecule has 0 aromatic heterocycles. The zero-order valence-electron chi connectivity index (χ0n) is 20.4. The van der Waals surface area contributed by atoms with Crippen molar-refractivity contribution in [3.8, 4) is 0 Å². The summed E-state index contributed by atoms with van der Waals surface area (Å²) in [6.07, 6.45) is 4.13. The number of nitrogens with zero attached hydrogens (tertiary/aromatic N) is 1. The third kappa shape index (κ3) is 8.93. The summed E-state index contributed by atoms with van der Waals surface area (Å²) in [6, 6.07) is 18.4. The van der Waals surface area contributed by atoms with Gasteiger partial charge >= 0.3 is 0 Å². The zero-order chi connectivity index (χ0) is 25.8. The summed E-state index contributed by atoms with van der Waals surface area (Å²) in [5.74, 6) is -3.21. The number of carbonyl (C=O) groups is 2. The van der Waals surface area contributed by atoms with Gasteiger partial charge in [0.15, 0.2) is 0 Å². The van der Waals surface area contributed by atoms with E-state index >= 15 is 0 Å². The molecule has 0 unspecified atom stereocenters. The summed E-state index contributed by atoms with van der Waals surface area (Å²) < 4.78 is 26.4. The highest BCUT2D eigenvalue weighted by molar-refractivity contribution is 7.89. The first-order valence-corrected chi connectivity index (χ1v) is 13.3. The number of hydrogen-bond donors (Lipinski definition) is 3. The fourth-order valence-electron chi connectivity index (χ4n) is 3.73. The van der Waals surface area contributed by atoms with Gasteiger partial charge in [-0.2, -0.15) is 0 Å². The molecule has 0 saturated heterocycles. The minimum atomic E-state index is -3.78. The molecule has 35 heavy (non-hydrogen) atoms. The van der Waals surface area contributed by atoms with Crippen LogP contribution < -0.4 is 10.9 Å². The molecule has 2 atom stereocenters. The highest BCUT2D eigenvalue weighted by atomic mass is 32.2. The molecule has 2 aromatic rings. The van der Waals surface area contributed by atoms with Crippen molar-refractivity contribution in [1.29, 1.82) is 0 Å². The molecule has 0 aliphatic carbocycles. The zero-order valence-corrected chi connectivity index (χ0v) is 21.2. The van der Waals surface area contributed by atoms with Crippen LogP contribution in [0.15, 0.2) is 66.7 Å². The van der Waals surface area contributed by atoms with Crippen molar-refractivity contribution < 1.29 is 23.2 Å². The Bertz CT molecular complexity index is 1070. The average Bonchev–Trinajstić information content (AvgIpc) is 2.85. The first kappa shape index (κ1) is 28.2. The van der Waals surface area contributed by atoms with Gasteiger partial charge in [0.2, 0.25) is 21.8 Å². The Balaban J connectivity index is 2.31. The van der Waals surface area contributed by atoms with Crippen LogP contribution in [0.2, 0.25) is 0 Å². The smallest absolute Gasteiger partial charge is 0.247 e. The molecule has 0 spiro atoms. The molecule has 0 aliphatic rings. The molecule has 0 bridgehead atoms. The summed E-state index contributed by atoms with van der Waals surface area (Å²) in [4.78, 5) is 26.0. The van der Waals surface area contributed by atoms with E-state index in [4.69, 9.17) is 0 Å². The summed E-state index contributed by atoms with van der Waals surface area (Å²) in [5.41, 5.74) is 5.87. The van der Waals surface area contributed by atoms with Crippen LogP contribution in [0.3, 0.4) is 0 Å². The van der Waals surface area contributed by atoms with Gasteiger partial charge in [0, 0.05) is 0 Å². The second kappa shape index (κ2) is 13.8. The van der Waals surface area contributed by atoms with Gasteiger partial charge in [0.05, 0.1) is 24.1 Å². The molecule has 0 saturated carbocycles. The molecule has 9 heteroatoms. The fraction of sp³-hybridized carbons (Fsp3) is 0.385. The lowest BCUT2D eigenvalue weighted by molar-refractivity contribution is -0.142. The van der Waals surface area contributed by atoms with Crippen LogP contribution >= 0.6 is 0 Å². The number of amides is 2. The van der Waals surface area contributed by atoms with Crippen molar-refractivity contribution in [2.75, 3.05) is 5.75 Å². The third-order valence-corrected chi connectivity index (χ3v) is 7.22. The van der Waals surface area contributed by atoms with E-state index in [0.29, 0.717) is 12.0 Å². The Morgan fingerprint density at radius 3 is 2.11 bits per heavy atom. The molecule has 0 radical (unpaired) electrons. The number of sulfonamides is 1. The molecular weight excluding hydrogens is 466 g/mol. The standard InChI is InChI=1S/C26H35N3O5S/c1-4-35(33,34)29(19-22-14-9-6-10-15-22)27-25(30)24(18-20(2)3)23(26(31)28-32)17-11-16-21-12-7-5-8-13-21/h5-16,20,23-24,32H,4,17-19H2,1-3H3,(H,27,30)(H,28,31)/t23-,24+/m0/s1. The maximum absolute atomic E-state index is 13.4. The van der Waals surface area contributed by atoms with E-state index in [1.54, 1.807) is 35.8 Å². The van der Waals surface area contributed by atoms with Gasteiger partial charge in [-0.1, -0.05) is 86.7 Å². The summed E-state index contributed by atoms with van der Waals surface area (Å²) in [7, 11) is -3.78. The summed E-state index contributed by atoms with van der Waals surface area (Å²) in [5, 5.41) is 9.37. The number of nitrogens with one attached hydrogen (secondary N) is 2. The van der Waals surface area contributed by atoms with E-state index in [1.165, 1.54) is 6.92 Å². The van der Waals surface area contributed by atoms with Gasteiger partial charge < -0.3 is 0 Å². The predicted octanol–water partition coefficient (Wildman–Crippen LogP) is 3.76. The number of carbonyl (C=O) groups excluding carboxylic acids is 2. The summed E-state index contributed by atoms with van der Waals surface area (Å²) in [6.45, 7) is 5.29. The fourth-order valence-corrected chi connectivity index (χ4v) is 4.62. The highest BCUT2D eigenvalue weighted by Gasteiger charge is 2.35. The molecular formula is C26H35N3O5S. The van der Waals surface area contributed by atoms with Crippen LogP contribution in [0, 0.1) is 17.8 Å². The monoisotopic (exact) mass is 501 g/mol. The Morgan fingerprint density at radius 2 is 1.57 bits per heavy atom. The Labute approximate surface area is 208 Å². The minimum Gasteiger partial charge on any atom is -0.289 e. The molecule has 0 fully saturated rings. The van der Waals surface area contributed by atoms with Gasteiger partial charge in [-0.05, 0) is 36.8 Å². The van der Waals surface area contributed by atoms with Gasteiger partial charge in [-0.25, -0.2) is 13.9 Å². The van der Waals surface area contributed by atoms with Crippen molar-refractivity contribution in [3.63, 3.8) is 0 Å². The Kier molecular flexibility index (Phi) is 11.1. The number of hydrogen-bond acceptors (Lipinski definition) is 5. The first-order valence-electron chi connectivity index (χ1n) is 11.7. The molecule has 0 heterocycles. The average molecular weight is 502 g/mol. The summed E-state index contributed by atoms with van der Waals surface area (Å²) >= 11 is 0. The van der Waals surface area contributed by atoms with Crippen LogP contribution in [-0.2, 0) is 26.2 Å². The third-order valence-electron chi connectivity index (χ3n) is 5.60. The molecule has 2 rings (SSSR count). The molecule has 2 amide bonds. The second-order valence-corrected chi connectivity index (χ2v) is 10.9. The van der Waals surface area contributed by atoms with E-state index in [1.807, 2.05) is 56.3 Å². The number of allylic oxidation sites excluding steroid dienone is 1. The van der Waals surface area contributed by atoms with Crippen LogP contribution in [0.1, 0.15) is 44.7 Å². The van der Waals surface area contributed by atoms with Crippen LogP contribution in [0.4, 0.5) is 0 Å². The maximum Gasteiger partial charge on any atom is 0.247 e. The first-order chi connectivity index (χ1) is 16.7. The van der Waals surface area contributed by atoms with Gasteiger partial charge in [-0.3, -0.25) is 20.2 Å². The van der Waals surface area contributed by atoms with Gasteiger partial charge in [0.25, 0.3) is 0 Å². The minimum absolute atomic E-state index is 0.0398. The molecule has 2 aromatic carbocycles. The predicted molar refractivity (Wildman–Crippen MR) is 136 cm³/mol. The lowest BCUT2D eigenvalue weighted by Gasteiger charge is -2.29.